The Morgan fingerprint density at radius 2 is 1.61 bits per heavy atom. The van der Waals surface area contributed by atoms with Crippen molar-refractivity contribution in [3.8, 4) is 11.1 Å². The predicted octanol–water partition coefficient (Wildman–Crippen LogP) is 4.53. The number of amides is 2. The molecule has 2 aromatic rings. The predicted molar refractivity (Wildman–Crippen MR) is 120 cm³/mol. The number of anilines is 1. The highest BCUT2D eigenvalue weighted by molar-refractivity contribution is 5.98. The molecule has 0 bridgehead atoms. The fourth-order valence-corrected chi connectivity index (χ4v) is 2.74. The highest BCUT2D eigenvalue weighted by Gasteiger charge is 2.19. The summed E-state index contributed by atoms with van der Waals surface area (Å²) in [4.78, 5) is 36.1. The quantitative estimate of drug-likeness (QED) is 0.478. The van der Waals surface area contributed by atoms with Crippen molar-refractivity contribution in [2.24, 2.45) is 0 Å². The molecule has 0 saturated carbocycles. The molecule has 0 aliphatic heterocycles. The van der Waals surface area contributed by atoms with Crippen LogP contribution in [0.3, 0.4) is 0 Å². The number of hydrogen-bond acceptors (Lipinski definition) is 5. The largest absolute Gasteiger partial charge is 0.453 e. The van der Waals surface area contributed by atoms with Crippen molar-refractivity contribution in [2.75, 3.05) is 11.9 Å². The van der Waals surface area contributed by atoms with Gasteiger partial charge in [-0.3, -0.25) is 9.59 Å². The van der Waals surface area contributed by atoms with Crippen LogP contribution < -0.4 is 10.6 Å². The number of carbonyl (C=O) groups is 3. The number of hydrogen-bond donors (Lipinski definition) is 2. The lowest BCUT2D eigenvalue weighted by Gasteiger charge is -2.19. The standard InChI is InChI=1S/C24H30N2O5/c1-17(30-21(27)15-10-16-25-23(29)31-24(2,3)4)22(28)26-20-14-9-8-13-19(20)18-11-6-5-7-12-18/h5-9,11-14,17H,10,15-16H2,1-4H3,(H,25,29)(H,26,28)/t17-/m0/s1. The van der Waals surface area contributed by atoms with E-state index in [-0.39, 0.29) is 13.0 Å². The summed E-state index contributed by atoms with van der Waals surface area (Å²) in [5.41, 5.74) is 1.91. The monoisotopic (exact) mass is 426 g/mol. The number of rotatable bonds is 8. The second kappa shape index (κ2) is 11.2. The van der Waals surface area contributed by atoms with Crippen molar-refractivity contribution in [3.05, 3.63) is 54.6 Å². The van der Waals surface area contributed by atoms with Crippen LogP contribution in [0.5, 0.6) is 0 Å². The molecule has 0 aliphatic carbocycles. The summed E-state index contributed by atoms with van der Waals surface area (Å²) < 4.78 is 10.3. The van der Waals surface area contributed by atoms with E-state index < -0.39 is 29.7 Å². The Morgan fingerprint density at radius 1 is 0.968 bits per heavy atom. The van der Waals surface area contributed by atoms with E-state index >= 15 is 0 Å². The van der Waals surface area contributed by atoms with E-state index in [1.807, 2.05) is 48.5 Å². The Hall–Kier alpha value is -3.35. The first-order valence-corrected chi connectivity index (χ1v) is 10.3. The molecule has 0 unspecified atom stereocenters. The Morgan fingerprint density at radius 3 is 2.29 bits per heavy atom. The lowest BCUT2D eigenvalue weighted by Crippen LogP contribution is -2.33. The van der Waals surface area contributed by atoms with E-state index in [0.29, 0.717) is 12.1 Å². The minimum absolute atomic E-state index is 0.0774. The SMILES string of the molecule is C[C@H](OC(=O)CCCNC(=O)OC(C)(C)C)C(=O)Nc1ccccc1-c1ccccc1. The fourth-order valence-electron chi connectivity index (χ4n) is 2.74. The van der Waals surface area contributed by atoms with Crippen molar-refractivity contribution in [2.45, 2.75) is 52.2 Å². The van der Waals surface area contributed by atoms with Crippen molar-refractivity contribution in [1.82, 2.24) is 5.32 Å². The van der Waals surface area contributed by atoms with E-state index in [4.69, 9.17) is 9.47 Å². The number of carbonyl (C=O) groups excluding carboxylic acids is 3. The Bertz CT molecular complexity index is 890. The van der Waals surface area contributed by atoms with E-state index in [1.54, 1.807) is 26.8 Å². The van der Waals surface area contributed by atoms with Crippen molar-refractivity contribution in [1.29, 1.82) is 0 Å². The van der Waals surface area contributed by atoms with Crippen LogP contribution in [0.15, 0.2) is 54.6 Å². The zero-order chi connectivity index (χ0) is 22.9. The van der Waals surface area contributed by atoms with Crippen molar-refractivity contribution in [3.63, 3.8) is 0 Å². The van der Waals surface area contributed by atoms with Gasteiger partial charge in [-0.05, 0) is 45.7 Å². The molecule has 2 aromatic carbocycles. The molecular weight excluding hydrogens is 396 g/mol. The Kier molecular flexibility index (Phi) is 8.61. The number of alkyl carbamates (subject to hydrolysis) is 1. The molecule has 2 rings (SSSR count). The molecule has 7 nitrogen and oxygen atoms in total. The zero-order valence-corrected chi connectivity index (χ0v) is 18.4. The third-order valence-corrected chi connectivity index (χ3v) is 4.17. The molecule has 2 amide bonds. The maximum absolute atomic E-state index is 12.5. The van der Waals surface area contributed by atoms with Gasteiger partial charge in [0, 0.05) is 24.2 Å². The van der Waals surface area contributed by atoms with Gasteiger partial charge in [0.05, 0.1) is 0 Å². The van der Waals surface area contributed by atoms with E-state index in [9.17, 15) is 14.4 Å². The first-order valence-electron chi connectivity index (χ1n) is 10.3. The zero-order valence-electron chi connectivity index (χ0n) is 18.4. The maximum atomic E-state index is 12.5. The molecule has 0 aliphatic rings. The summed E-state index contributed by atoms with van der Waals surface area (Å²) in [6.45, 7) is 7.12. The van der Waals surface area contributed by atoms with Gasteiger partial charge in [-0.25, -0.2) is 4.79 Å². The second-order valence-electron chi connectivity index (χ2n) is 8.07. The molecule has 0 aromatic heterocycles. The average Bonchev–Trinajstić information content (AvgIpc) is 2.71. The minimum atomic E-state index is -0.949. The number of esters is 1. The van der Waals surface area contributed by atoms with E-state index in [2.05, 4.69) is 10.6 Å². The van der Waals surface area contributed by atoms with E-state index in [0.717, 1.165) is 11.1 Å². The number of ether oxygens (including phenoxy) is 2. The highest BCUT2D eigenvalue weighted by Crippen LogP contribution is 2.27. The lowest BCUT2D eigenvalue weighted by molar-refractivity contribution is -0.153. The maximum Gasteiger partial charge on any atom is 0.407 e. The molecule has 2 N–H and O–H groups in total. The first-order chi connectivity index (χ1) is 14.7. The fraction of sp³-hybridized carbons (Fsp3) is 0.375. The van der Waals surface area contributed by atoms with Gasteiger partial charge in [-0.15, -0.1) is 0 Å². The normalized spacial score (nSPS) is 11.9. The summed E-state index contributed by atoms with van der Waals surface area (Å²) in [6.07, 6.45) is -1.03. The molecule has 31 heavy (non-hydrogen) atoms. The van der Waals surface area contributed by atoms with Crippen LogP contribution in [0.4, 0.5) is 10.5 Å². The molecule has 0 fully saturated rings. The highest BCUT2D eigenvalue weighted by atomic mass is 16.6. The molecule has 0 saturated heterocycles. The second-order valence-corrected chi connectivity index (χ2v) is 8.07. The molecule has 0 radical (unpaired) electrons. The molecule has 7 heteroatoms. The Labute approximate surface area is 183 Å². The lowest BCUT2D eigenvalue weighted by atomic mass is 10.0. The van der Waals surface area contributed by atoms with Crippen LogP contribution in [-0.2, 0) is 19.1 Å². The number of para-hydroxylation sites is 1. The summed E-state index contributed by atoms with van der Waals surface area (Å²) in [5, 5.41) is 5.41. The van der Waals surface area contributed by atoms with Crippen LogP contribution >= 0.6 is 0 Å². The van der Waals surface area contributed by atoms with Crippen LogP contribution in [-0.4, -0.2) is 36.2 Å². The van der Waals surface area contributed by atoms with Crippen molar-refractivity contribution < 1.29 is 23.9 Å². The van der Waals surface area contributed by atoms with Crippen LogP contribution in [0.25, 0.3) is 11.1 Å². The minimum Gasteiger partial charge on any atom is -0.453 e. The molecule has 166 valence electrons. The van der Waals surface area contributed by atoms with Crippen LogP contribution in [0.2, 0.25) is 0 Å². The first kappa shape index (κ1) is 23.9. The summed E-state index contributed by atoms with van der Waals surface area (Å²) in [7, 11) is 0. The van der Waals surface area contributed by atoms with Gasteiger partial charge in [0.2, 0.25) is 0 Å². The van der Waals surface area contributed by atoms with Crippen molar-refractivity contribution >= 4 is 23.7 Å². The summed E-state index contributed by atoms with van der Waals surface area (Å²) in [6, 6.07) is 17.1. The molecular formula is C24H30N2O5. The third-order valence-electron chi connectivity index (χ3n) is 4.17. The Balaban J connectivity index is 1.80. The van der Waals surface area contributed by atoms with Gasteiger partial charge in [-0.2, -0.15) is 0 Å². The van der Waals surface area contributed by atoms with Gasteiger partial charge < -0.3 is 20.1 Å². The molecule has 1 atom stereocenters. The number of nitrogens with one attached hydrogen (secondary N) is 2. The summed E-state index contributed by atoms with van der Waals surface area (Å²) in [5.74, 6) is -0.923. The van der Waals surface area contributed by atoms with Gasteiger partial charge in [0.1, 0.15) is 5.60 Å². The smallest absolute Gasteiger partial charge is 0.407 e. The topological polar surface area (TPSA) is 93.7 Å². The molecule has 0 heterocycles. The van der Waals surface area contributed by atoms with Gasteiger partial charge >= 0.3 is 12.1 Å². The third kappa shape index (κ3) is 8.50. The van der Waals surface area contributed by atoms with Gasteiger partial charge in [-0.1, -0.05) is 48.5 Å². The van der Waals surface area contributed by atoms with E-state index in [1.165, 1.54) is 6.92 Å². The van der Waals surface area contributed by atoms with Gasteiger partial charge in [0.15, 0.2) is 6.10 Å². The van der Waals surface area contributed by atoms with Crippen LogP contribution in [0.1, 0.15) is 40.5 Å². The van der Waals surface area contributed by atoms with Crippen LogP contribution in [0, 0.1) is 0 Å². The summed E-state index contributed by atoms with van der Waals surface area (Å²) >= 11 is 0. The molecule has 0 spiro atoms. The van der Waals surface area contributed by atoms with Gasteiger partial charge in [0.25, 0.3) is 5.91 Å². The average molecular weight is 427 g/mol. The number of benzene rings is 2.